The van der Waals surface area contributed by atoms with Gasteiger partial charge in [0, 0.05) is 33.5 Å². The third-order valence-corrected chi connectivity index (χ3v) is 9.60. The Hall–Kier alpha value is -6.64. The minimum absolute atomic E-state index is 1.11. The number of hydrogen-bond acceptors (Lipinski definition) is 1. The summed E-state index contributed by atoms with van der Waals surface area (Å²) < 4.78 is 2.41. The first-order chi connectivity index (χ1) is 24.8. The molecule has 0 N–H and O–H groups in total. The molecule has 0 spiro atoms. The fourth-order valence-electron chi connectivity index (χ4n) is 7.32. The lowest BCUT2D eigenvalue weighted by Gasteiger charge is -2.26. The van der Waals surface area contributed by atoms with Crippen molar-refractivity contribution in [2.24, 2.45) is 0 Å². The first kappa shape index (κ1) is 29.5. The van der Waals surface area contributed by atoms with Crippen molar-refractivity contribution in [1.82, 2.24) is 4.57 Å². The lowest BCUT2D eigenvalue weighted by Crippen LogP contribution is -2.09. The molecular weight excluding hydrogens is 605 g/mol. The van der Waals surface area contributed by atoms with Crippen molar-refractivity contribution >= 4 is 38.9 Å². The van der Waals surface area contributed by atoms with E-state index in [-0.39, 0.29) is 0 Å². The van der Waals surface area contributed by atoms with E-state index in [0.29, 0.717) is 0 Å². The van der Waals surface area contributed by atoms with Gasteiger partial charge in [-0.05, 0) is 94.0 Å². The second-order valence-corrected chi connectivity index (χ2v) is 12.6. The van der Waals surface area contributed by atoms with E-state index in [1.54, 1.807) is 0 Å². The monoisotopic (exact) mass is 638 g/mol. The summed E-state index contributed by atoms with van der Waals surface area (Å²) in [6, 6.07) is 74.0. The molecule has 0 bridgehead atoms. The van der Waals surface area contributed by atoms with Crippen molar-refractivity contribution in [3.05, 3.63) is 206 Å². The summed E-state index contributed by atoms with van der Waals surface area (Å²) in [5.41, 5.74) is 14.1. The zero-order valence-corrected chi connectivity index (χ0v) is 27.5. The Morgan fingerprint density at radius 3 is 1.54 bits per heavy atom. The Morgan fingerprint density at radius 2 is 0.840 bits per heavy atom. The third-order valence-electron chi connectivity index (χ3n) is 9.60. The Bertz CT molecular complexity index is 2550. The van der Waals surface area contributed by atoms with E-state index >= 15 is 0 Å². The Kier molecular flexibility index (Phi) is 7.53. The highest BCUT2D eigenvalue weighted by molar-refractivity contribution is 6.17. The van der Waals surface area contributed by atoms with Crippen LogP contribution in [0.15, 0.2) is 206 Å². The van der Waals surface area contributed by atoms with Crippen molar-refractivity contribution in [3.8, 4) is 39.1 Å². The molecule has 1 heterocycles. The fourth-order valence-corrected chi connectivity index (χ4v) is 7.32. The van der Waals surface area contributed by atoms with Crippen LogP contribution in [0, 0.1) is 0 Å². The average molecular weight is 639 g/mol. The van der Waals surface area contributed by atoms with Crippen LogP contribution in [0.25, 0.3) is 60.9 Å². The Labute approximate surface area is 292 Å². The molecule has 0 radical (unpaired) electrons. The lowest BCUT2D eigenvalue weighted by atomic mass is 9.92. The zero-order valence-electron chi connectivity index (χ0n) is 27.5. The van der Waals surface area contributed by atoms with Gasteiger partial charge in [0.1, 0.15) is 0 Å². The van der Waals surface area contributed by atoms with Gasteiger partial charge in [0.15, 0.2) is 0 Å². The van der Waals surface area contributed by atoms with Crippen molar-refractivity contribution in [1.29, 1.82) is 0 Å². The molecule has 1 aromatic heterocycles. The molecule has 50 heavy (non-hydrogen) atoms. The summed E-state index contributed by atoms with van der Waals surface area (Å²) in [6.07, 6.45) is 0. The molecule has 0 aliphatic heterocycles. The van der Waals surface area contributed by atoms with Gasteiger partial charge in [0.2, 0.25) is 0 Å². The van der Waals surface area contributed by atoms with Crippen LogP contribution in [0.2, 0.25) is 0 Å². The van der Waals surface area contributed by atoms with E-state index in [0.717, 1.165) is 22.7 Å². The molecule has 0 amide bonds. The van der Waals surface area contributed by atoms with Gasteiger partial charge < -0.3 is 9.47 Å². The highest BCUT2D eigenvalue weighted by atomic mass is 15.1. The number of fused-ring (bicyclic) bond motifs is 3. The quantitative estimate of drug-likeness (QED) is 0.169. The van der Waals surface area contributed by atoms with Gasteiger partial charge in [0.05, 0.1) is 11.0 Å². The SMILES string of the molecule is c1ccc(-c2ccc(N(c3ccccc3)c3ccc4c(c3)c3c(-c5ccccc5-c5ccccc5)cccc3n4-c3ccccc3)cc2)cc1. The number of benzene rings is 8. The van der Waals surface area contributed by atoms with Gasteiger partial charge in [-0.15, -0.1) is 0 Å². The number of aromatic nitrogens is 1. The van der Waals surface area contributed by atoms with E-state index in [9.17, 15) is 0 Å². The van der Waals surface area contributed by atoms with Crippen LogP contribution < -0.4 is 4.90 Å². The van der Waals surface area contributed by atoms with Crippen molar-refractivity contribution < 1.29 is 0 Å². The summed E-state index contributed by atoms with van der Waals surface area (Å²) in [6.45, 7) is 0. The number of rotatable bonds is 7. The summed E-state index contributed by atoms with van der Waals surface area (Å²) in [5.74, 6) is 0. The summed E-state index contributed by atoms with van der Waals surface area (Å²) >= 11 is 0. The predicted octanol–water partition coefficient (Wildman–Crippen LogP) is 13.3. The van der Waals surface area contributed by atoms with Crippen LogP contribution in [0.3, 0.4) is 0 Å². The maximum Gasteiger partial charge on any atom is 0.0547 e. The van der Waals surface area contributed by atoms with Gasteiger partial charge >= 0.3 is 0 Å². The third kappa shape index (κ3) is 5.24. The predicted molar refractivity (Wildman–Crippen MR) is 212 cm³/mol. The van der Waals surface area contributed by atoms with Gasteiger partial charge in [-0.2, -0.15) is 0 Å². The van der Waals surface area contributed by atoms with E-state index in [4.69, 9.17) is 0 Å². The normalized spacial score (nSPS) is 11.2. The molecule has 236 valence electrons. The van der Waals surface area contributed by atoms with Crippen LogP contribution in [-0.2, 0) is 0 Å². The molecule has 0 fully saturated rings. The minimum Gasteiger partial charge on any atom is -0.310 e. The minimum atomic E-state index is 1.11. The summed E-state index contributed by atoms with van der Waals surface area (Å²) in [4.78, 5) is 2.36. The van der Waals surface area contributed by atoms with Crippen LogP contribution in [0.1, 0.15) is 0 Å². The molecule has 8 aromatic carbocycles. The Balaban J connectivity index is 1.30. The number of nitrogens with zero attached hydrogens (tertiary/aromatic N) is 2. The highest BCUT2D eigenvalue weighted by Gasteiger charge is 2.20. The Morgan fingerprint density at radius 1 is 0.320 bits per heavy atom. The second-order valence-electron chi connectivity index (χ2n) is 12.6. The average Bonchev–Trinajstić information content (AvgIpc) is 3.54. The van der Waals surface area contributed by atoms with Crippen LogP contribution in [-0.4, -0.2) is 4.57 Å². The molecule has 0 atom stereocenters. The van der Waals surface area contributed by atoms with E-state index in [1.165, 1.54) is 55.2 Å². The number of para-hydroxylation sites is 2. The molecular formula is C48H34N2. The first-order valence-electron chi connectivity index (χ1n) is 17.1. The second kappa shape index (κ2) is 12.8. The lowest BCUT2D eigenvalue weighted by molar-refractivity contribution is 1.18. The first-order valence-corrected chi connectivity index (χ1v) is 17.1. The highest BCUT2D eigenvalue weighted by Crippen LogP contribution is 2.44. The van der Waals surface area contributed by atoms with Crippen molar-refractivity contribution in [3.63, 3.8) is 0 Å². The van der Waals surface area contributed by atoms with Crippen LogP contribution >= 0.6 is 0 Å². The molecule has 9 rings (SSSR count). The molecule has 0 saturated carbocycles. The number of hydrogen-bond donors (Lipinski definition) is 0. The van der Waals surface area contributed by atoms with Gasteiger partial charge in [-0.25, -0.2) is 0 Å². The molecule has 2 nitrogen and oxygen atoms in total. The van der Waals surface area contributed by atoms with Gasteiger partial charge in [0.25, 0.3) is 0 Å². The maximum atomic E-state index is 2.41. The maximum absolute atomic E-state index is 2.41. The molecule has 2 heteroatoms. The molecule has 0 aliphatic rings. The van der Waals surface area contributed by atoms with Gasteiger partial charge in [-0.3, -0.25) is 0 Å². The standard InChI is InChI=1S/C48H34N2/c1-5-16-35(17-6-1)36-28-30-40(31-29-36)49(38-20-9-3-10-21-38)41-32-33-46-45(34-41)48-44(26-15-27-47(48)50(46)39-22-11-4-12-23-39)43-25-14-13-24-42(43)37-18-7-2-8-19-37/h1-34H. The smallest absolute Gasteiger partial charge is 0.0547 e. The fraction of sp³-hybridized carbons (Fsp3) is 0. The molecule has 0 unspecified atom stereocenters. The summed E-state index contributed by atoms with van der Waals surface area (Å²) in [7, 11) is 0. The largest absolute Gasteiger partial charge is 0.310 e. The van der Waals surface area contributed by atoms with E-state index in [1.807, 2.05) is 0 Å². The van der Waals surface area contributed by atoms with Crippen molar-refractivity contribution in [2.75, 3.05) is 4.90 Å². The van der Waals surface area contributed by atoms with E-state index in [2.05, 4.69) is 216 Å². The summed E-state index contributed by atoms with van der Waals surface area (Å²) in [5, 5.41) is 2.45. The van der Waals surface area contributed by atoms with E-state index < -0.39 is 0 Å². The van der Waals surface area contributed by atoms with Crippen molar-refractivity contribution in [2.45, 2.75) is 0 Å². The van der Waals surface area contributed by atoms with Crippen LogP contribution in [0.4, 0.5) is 17.1 Å². The van der Waals surface area contributed by atoms with Gasteiger partial charge in [-0.1, -0.05) is 146 Å². The molecule has 0 aliphatic carbocycles. The number of anilines is 3. The molecule has 0 saturated heterocycles. The molecule has 9 aromatic rings. The topological polar surface area (TPSA) is 8.17 Å². The van der Waals surface area contributed by atoms with Crippen LogP contribution in [0.5, 0.6) is 0 Å². The zero-order chi connectivity index (χ0) is 33.3.